The largest absolute Gasteiger partial charge is 0.455 e. The van der Waals surface area contributed by atoms with E-state index in [0.717, 1.165) is 66.8 Å². The summed E-state index contributed by atoms with van der Waals surface area (Å²) in [5.41, 5.74) is 24.8. The fraction of sp³-hybridized carbons (Fsp3) is 0.0400. The van der Waals surface area contributed by atoms with E-state index < -0.39 is 5.41 Å². The lowest BCUT2D eigenvalue weighted by molar-refractivity contribution is 0.670. The number of benzene rings is 12. The number of hydrogen-bond donors (Lipinski definition) is 0. The number of nitrogens with zero attached hydrogens (tertiary/aromatic N) is 2. The second-order valence-corrected chi connectivity index (χ2v) is 20.8. The van der Waals surface area contributed by atoms with Crippen molar-refractivity contribution in [3.05, 3.63) is 312 Å². The van der Waals surface area contributed by atoms with Crippen LogP contribution in [0.5, 0.6) is 0 Å². The summed E-state index contributed by atoms with van der Waals surface area (Å²) in [6.07, 6.45) is 0. The summed E-state index contributed by atoms with van der Waals surface area (Å²) < 4.78 is 9.52. The Morgan fingerprint density at radius 3 is 1.63 bits per heavy atom. The van der Waals surface area contributed by atoms with Crippen LogP contribution in [-0.4, -0.2) is 4.57 Å². The fourth-order valence-corrected chi connectivity index (χ4v) is 13.0. The van der Waals surface area contributed by atoms with E-state index in [4.69, 9.17) is 4.42 Å². The SMILES string of the molecule is Cc1ccccc1-c1cc(-n2c3ccccc3c3cc(-c4ccc(N(c5ccc(-c6ccccc6)cc5)c5ccc6c(c5)C(c5ccccc5)(c5ccccc5)c5ccccc5-6)cc4)c4oc5ccccc5c4c32)ccc1C. The van der Waals surface area contributed by atoms with Crippen LogP contribution in [0.4, 0.5) is 17.1 Å². The molecule has 0 atom stereocenters. The monoisotopic (exact) mass is 996 g/mol. The number of anilines is 3. The number of rotatable bonds is 9. The maximum atomic E-state index is 7.06. The van der Waals surface area contributed by atoms with Crippen LogP contribution in [0.1, 0.15) is 33.4 Å². The summed E-state index contributed by atoms with van der Waals surface area (Å²) in [6, 6.07) is 102. The molecule has 2 heterocycles. The molecule has 3 heteroatoms. The van der Waals surface area contributed by atoms with Crippen molar-refractivity contribution in [1.29, 1.82) is 0 Å². The van der Waals surface area contributed by atoms with E-state index in [0.29, 0.717) is 0 Å². The van der Waals surface area contributed by atoms with Gasteiger partial charge in [-0.15, -0.1) is 0 Å². The molecule has 0 aliphatic heterocycles. The molecule has 2 aromatic heterocycles. The highest BCUT2D eigenvalue weighted by molar-refractivity contribution is 6.27. The van der Waals surface area contributed by atoms with Gasteiger partial charge < -0.3 is 13.9 Å². The zero-order valence-corrected chi connectivity index (χ0v) is 43.4. The molecule has 0 bridgehead atoms. The minimum absolute atomic E-state index is 0.542. The van der Waals surface area contributed by atoms with Gasteiger partial charge in [-0.2, -0.15) is 0 Å². The Morgan fingerprint density at radius 1 is 0.359 bits per heavy atom. The van der Waals surface area contributed by atoms with E-state index in [2.05, 4.69) is 302 Å². The second kappa shape index (κ2) is 18.1. The molecule has 0 radical (unpaired) electrons. The number of fused-ring (bicyclic) bond motifs is 10. The number of aromatic nitrogens is 1. The smallest absolute Gasteiger partial charge is 0.145 e. The minimum Gasteiger partial charge on any atom is -0.455 e. The van der Waals surface area contributed by atoms with Crippen LogP contribution in [0.15, 0.2) is 283 Å². The molecule has 15 rings (SSSR count). The molecule has 0 amide bonds. The van der Waals surface area contributed by atoms with E-state index in [1.54, 1.807) is 0 Å². The molecule has 0 saturated heterocycles. The fourth-order valence-electron chi connectivity index (χ4n) is 13.0. The Bertz CT molecular complexity index is 4570. The van der Waals surface area contributed by atoms with Crippen molar-refractivity contribution in [2.24, 2.45) is 0 Å². The van der Waals surface area contributed by atoms with Crippen molar-refractivity contribution in [2.45, 2.75) is 19.3 Å². The number of furan rings is 1. The van der Waals surface area contributed by atoms with Gasteiger partial charge in [-0.1, -0.05) is 212 Å². The predicted octanol–water partition coefficient (Wildman–Crippen LogP) is 20.1. The zero-order chi connectivity index (χ0) is 51.9. The first-order valence-corrected chi connectivity index (χ1v) is 27.0. The summed E-state index contributed by atoms with van der Waals surface area (Å²) in [4.78, 5) is 2.42. The van der Waals surface area contributed by atoms with Gasteiger partial charge in [0, 0.05) is 44.5 Å². The van der Waals surface area contributed by atoms with Crippen molar-refractivity contribution in [1.82, 2.24) is 4.57 Å². The lowest BCUT2D eigenvalue weighted by atomic mass is 9.67. The van der Waals surface area contributed by atoms with Gasteiger partial charge in [0.05, 0.1) is 21.8 Å². The average molecular weight is 997 g/mol. The van der Waals surface area contributed by atoms with Crippen molar-refractivity contribution in [3.8, 4) is 50.2 Å². The van der Waals surface area contributed by atoms with Crippen LogP contribution >= 0.6 is 0 Å². The maximum absolute atomic E-state index is 7.06. The molecule has 1 aliphatic rings. The molecule has 14 aromatic rings. The Morgan fingerprint density at radius 2 is 0.910 bits per heavy atom. The summed E-state index contributed by atoms with van der Waals surface area (Å²) in [5.74, 6) is 0. The van der Waals surface area contributed by atoms with Crippen LogP contribution in [0.3, 0.4) is 0 Å². The molecular formula is C75H52N2O. The summed E-state index contributed by atoms with van der Waals surface area (Å²) in [5, 5.41) is 4.58. The molecule has 0 spiro atoms. The van der Waals surface area contributed by atoms with E-state index in [-0.39, 0.29) is 0 Å². The molecular weight excluding hydrogens is 945 g/mol. The third-order valence-corrected chi connectivity index (χ3v) is 16.6. The average Bonchev–Trinajstić information content (AvgIpc) is 4.27. The maximum Gasteiger partial charge on any atom is 0.145 e. The lowest BCUT2D eigenvalue weighted by Gasteiger charge is -2.35. The van der Waals surface area contributed by atoms with E-state index in [9.17, 15) is 0 Å². The van der Waals surface area contributed by atoms with E-state index in [1.807, 2.05) is 0 Å². The molecule has 0 fully saturated rings. The van der Waals surface area contributed by atoms with Gasteiger partial charge in [-0.25, -0.2) is 0 Å². The lowest BCUT2D eigenvalue weighted by Crippen LogP contribution is -2.28. The highest BCUT2D eigenvalue weighted by Crippen LogP contribution is 2.57. The van der Waals surface area contributed by atoms with Gasteiger partial charge in [0.25, 0.3) is 0 Å². The van der Waals surface area contributed by atoms with Crippen molar-refractivity contribution in [2.75, 3.05) is 4.90 Å². The van der Waals surface area contributed by atoms with Gasteiger partial charge in [0.15, 0.2) is 0 Å². The Labute approximate surface area is 454 Å². The highest BCUT2D eigenvalue weighted by Gasteiger charge is 2.46. The van der Waals surface area contributed by atoms with Gasteiger partial charge in [-0.05, 0) is 153 Å². The first-order chi connectivity index (χ1) is 38.5. The number of aryl methyl sites for hydroxylation is 2. The third kappa shape index (κ3) is 6.98. The molecule has 78 heavy (non-hydrogen) atoms. The first-order valence-electron chi connectivity index (χ1n) is 27.0. The van der Waals surface area contributed by atoms with Gasteiger partial charge in [-0.3, -0.25) is 0 Å². The summed E-state index contributed by atoms with van der Waals surface area (Å²) in [6.45, 7) is 4.41. The van der Waals surface area contributed by atoms with Crippen molar-refractivity contribution < 1.29 is 4.42 Å². The molecule has 0 N–H and O–H groups in total. The topological polar surface area (TPSA) is 21.3 Å². The molecule has 3 nitrogen and oxygen atoms in total. The van der Waals surface area contributed by atoms with Crippen LogP contribution < -0.4 is 4.90 Å². The minimum atomic E-state index is -0.542. The van der Waals surface area contributed by atoms with Gasteiger partial charge in [0.2, 0.25) is 0 Å². The normalized spacial score (nSPS) is 12.6. The van der Waals surface area contributed by atoms with Crippen molar-refractivity contribution in [3.63, 3.8) is 0 Å². The molecule has 1 aliphatic carbocycles. The van der Waals surface area contributed by atoms with Crippen LogP contribution in [0, 0.1) is 13.8 Å². The van der Waals surface area contributed by atoms with E-state index >= 15 is 0 Å². The summed E-state index contributed by atoms with van der Waals surface area (Å²) >= 11 is 0. The zero-order valence-electron chi connectivity index (χ0n) is 43.4. The Kier molecular flexibility index (Phi) is 10.6. The van der Waals surface area contributed by atoms with Crippen LogP contribution in [0.2, 0.25) is 0 Å². The Balaban J connectivity index is 0.926. The highest BCUT2D eigenvalue weighted by atomic mass is 16.3. The van der Waals surface area contributed by atoms with E-state index in [1.165, 1.54) is 77.5 Å². The molecule has 12 aromatic carbocycles. The molecule has 368 valence electrons. The Hall–Kier alpha value is -9.96. The number of para-hydroxylation sites is 2. The predicted molar refractivity (Wildman–Crippen MR) is 326 cm³/mol. The van der Waals surface area contributed by atoms with Crippen molar-refractivity contribution >= 4 is 60.8 Å². The molecule has 0 unspecified atom stereocenters. The number of hydrogen-bond acceptors (Lipinski definition) is 2. The van der Waals surface area contributed by atoms with Crippen LogP contribution in [0.25, 0.3) is 93.9 Å². The standard InChI is InChI=1S/C75H52N2O/c1-49-20-12-13-27-60(49)65-46-58(39-34-50(65)2)77-70-32-18-15-29-63(70)67-48-66(74-72(73(67)77)64-30-16-19-33-71(64)78-74)53-37-42-57(43-38-53)76(56-40-35-52(36-41-56)51-21-6-3-7-22-51)59-44-45-62-61-28-14-17-31-68(61)75(69(62)47-59,54-23-8-4-9-24-54)55-25-10-5-11-26-55/h3-48H,1-2H3. The molecule has 0 saturated carbocycles. The quantitative estimate of drug-likeness (QED) is 0.144. The van der Waals surface area contributed by atoms with Gasteiger partial charge in [0.1, 0.15) is 11.2 Å². The third-order valence-electron chi connectivity index (χ3n) is 16.6. The first kappa shape index (κ1) is 45.4. The second-order valence-electron chi connectivity index (χ2n) is 20.8. The summed E-state index contributed by atoms with van der Waals surface area (Å²) in [7, 11) is 0. The van der Waals surface area contributed by atoms with Crippen LogP contribution in [-0.2, 0) is 5.41 Å². The van der Waals surface area contributed by atoms with Gasteiger partial charge >= 0.3 is 0 Å².